The predicted octanol–water partition coefficient (Wildman–Crippen LogP) is 3.86. The van der Waals surface area contributed by atoms with Crippen LogP contribution in [0.15, 0.2) is 42.6 Å². The molecule has 8 heteroatoms. The van der Waals surface area contributed by atoms with Crippen LogP contribution in [0.2, 0.25) is 0 Å². The Hall–Kier alpha value is -2.87. The Morgan fingerprint density at radius 1 is 1.06 bits per heavy atom. The van der Waals surface area contributed by atoms with Crippen molar-refractivity contribution in [2.75, 3.05) is 26.2 Å². The van der Waals surface area contributed by atoms with Crippen LogP contribution in [0.5, 0.6) is 0 Å². The Morgan fingerprint density at radius 3 is 2.52 bits per heavy atom. The summed E-state index contributed by atoms with van der Waals surface area (Å²) in [7, 11) is 0. The molecular weight excluding hydrogens is 405 g/mol. The van der Waals surface area contributed by atoms with Crippen LogP contribution in [0, 0.1) is 13.8 Å². The molecule has 4 rings (SSSR count). The van der Waals surface area contributed by atoms with Crippen LogP contribution in [0.4, 0.5) is 13.2 Å². The van der Waals surface area contributed by atoms with Crippen molar-refractivity contribution < 1.29 is 18.0 Å². The molecule has 1 aromatic carbocycles. The van der Waals surface area contributed by atoms with Gasteiger partial charge in [0.2, 0.25) is 5.91 Å². The summed E-state index contributed by atoms with van der Waals surface area (Å²) in [5.41, 5.74) is 3.90. The van der Waals surface area contributed by atoms with E-state index in [-0.39, 0.29) is 12.3 Å². The molecule has 1 fully saturated rings. The van der Waals surface area contributed by atoms with Crippen molar-refractivity contribution in [1.82, 2.24) is 19.2 Å². The van der Waals surface area contributed by atoms with Gasteiger partial charge in [0.1, 0.15) is 5.65 Å². The van der Waals surface area contributed by atoms with Crippen LogP contribution in [0.25, 0.3) is 5.65 Å². The fourth-order valence-corrected chi connectivity index (χ4v) is 4.02. The lowest BCUT2D eigenvalue weighted by Crippen LogP contribution is -2.48. The Labute approximate surface area is 179 Å². The minimum absolute atomic E-state index is 0.0182. The van der Waals surface area contributed by atoms with Gasteiger partial charge in [0.25, 0.3) is 0 Å². The highest BCUT2D eigenvalue weighted by Crippen LogP contribution is 2.29. The number of aromatic nitrogens is 2. The lowest BCUT2D eigenvalue weighted by Gasteiger charge is -2.34. The van der Waals surface area contributed by atoms with Crippen molar-refractivity contribution in [3.8, 4) is 0 Å². The molecule has 3 aromatic rings. The number of alkyl halides is 3. The minimum atomic E-state index is -4.40. The maximum atomic E-state index is 12.9. The molecule has 0 spiro atoms. The number of imidazole rings is 1. The third kappa shape index (κ3) is 4.74. The van der Waals surface area contributed by atoms with E-state index in [1.165, 1.54) is 6.07 Å². The fourth-order valence-electron chi connectivity index (χ4n) is 4.02. The third-order valence-corrected chi connectivity index (χ3v) is 5.79. The van der Waals surface area contributed by atoms with Crippen molar-refractivity contribution in [3.63, 3.8) is 0 Å². The largest absolute Gasteiger partial charge is 0.416 e. The lowest BCUT2D eigenvalue weighted by atomic mass is 10.1. The van der Waals surface area contributed by atoms with E-state index < -0.39 is 11.7 Å². The van der Waals surface area contributed by atoms with Gasteiger partial charge >= 0.3 is 6.18 Å². The first kappa shape index (κ1) is 21.4. The zero-order valence-corrected chi connectivity index (χ0v) is 17.6. The van der Waals surface area contributed by atoms with Gasteiger partial charge in [-0.3, -0.25) is 9.69 Å². The summed E-state index contributed by atoms with van der Waals surface area (Å²) in [5.74, 6) is -0.138. The summed E-state index contributed by atoms with van der Waals surface area (Å²) in [6.07, 6.45) is -2.39. The average molecular weight is 430 g/mol. The number of pyridine rings is 1. The predicted molar refractivity (Wildman–Crippen MR) is 112 cm³/mol. The summed E-state index contributed by atoms with van der Waals surface area (Å²) < 4.78 is 40.8. The van der Waals surface area contributed by atoms with Gasteiger partial charge in [-0.05, 0) is 43.2 Å². The van der Waals surface area contributed by atoms with E-state index in [1.54, 1.807) is 11.0 Å². The van der Waals surface area contributed by atoms with Crippen LogP contribution in [0.1, 0.15) is 28.1 Å². The maximum Gasteiger partial charge on any atom is 0.416 e. The number of halogens is 3. The van der Waals surface area contributed by atoms with E-state index in [9.17, 15) is 18.0 Å². The molecular formula is C23H25F3N4O. The van der Waals surface area contributed by atoms with Gasteiger partial charge in [-0.25, -0.2) is 4.98 Å². The van der Waals surface area contributed by atoms with E-state index in [2.05, 4.69) is 26.4 Å². The van der Waals surface area contributed by atoms with Gasteiger partial charge in [-0.15, -0.1) is 0 Å². The average Bonchev–Trinajstić information content (AvgIpc) is 3.02. The number of carbonyl (C=O) groups is 1. The number of benzene rings is 1. The second-order valence-electron chi connectivity index (χ2n) is 8.11. The molecule has 31 heavy (non-hydrogen) atoms. The van der Waals surface area contributed by atoms with Crippen molar-refractivity contribution in [1.29, 1.82) is 0 Å². The monoisotopic (exact) mass is 430 g/mol. The SMILES string of the molecule is Cc1ccn2c(CN3CCN(C(=O)Cc4cccc(C(F)(F)F)c4)CC3)c(C)nc2c1. The van der Waals surface area contributed by atoms with E-state index in [4.69, 9.17) is 0 Å². The van der Waals surface area contributed by atoms with Crippen molar-refractivity contribution in [2.24, 2.45) is 0 Å². The molecule has 1 saturated heterocycles. The number of hydrogen-bond acceptors (Lipinski definition) is 3. The second-order valence-corrected chi connectivity index (χ2v) is 8.11. The molecule has 0 unspecified atom stereocenters. The molecule has 2 aromatic heterocycles. The van der Waals surface area contributed by atoms with Crippen LogP contribution in [-0.2, 0) is 23.9 Å². The second kappa shape index (κ2) is 8.34. The molecule has 1 aliphatic heterocycles. The molecule has 0 radical (unpaired) electrons. The van der Waals surface area contributed by atoms with Crippen LogP contribution in [-0.4, -0.2) is 51.3 Å². The number of hydrogen-bond donors (Lipinski definition) is 0. The van der Waals surface area contributed by atoms with Gasteiger partial charge in [-0.2, -0.15) is 13.2 Å². The van der Waals surface area contributed by atoms with Crippen LogP contribution in [0.3, 0.4) is 0 Å². The van der Waals surface area contributed by atoms with E-state index in [0.29, 0.717) is 31.7 Å². The number of amides is 1. The van der Waals surface area contributed by atoms with Crippen molar-refractivity contribution >= 4 is 11.6 Å². The Balaban J connectivity index is 1.36. The van der Waals surface area contributed by atoms with Gasteiger partial charge in [0.15, 0.2) is 0 Å². The fraction of sp³-hybridized carbons (Fsp3) is 0.391. The zero-order valence-electron chi connectivity index (χ0n) is 17.6. The smallest absolute Gasteiger partial charge is 0.340 e. The zero-order chi connectivity index (χ0) is 22.2. The third-order valence-electron chi connectivity index (χ3n) is 5.79. The highest BCUT2D eigenvalue weighted by atomic mass is 19.4. The van der Waals surface area contributed by atoms with Gasteiger partial charge in [0.05, 0.1) is 23.4 Å². The van der Waals surface area contributed by atoms with E-state index >= 15 is 0 Å². The maximum absolute atomic E-state index is 12.9. The van der Waals surface area contributed by atoms with Crippen LogP contribution < -0.4 is 0 Å². The van der Waals surface area contributed by atoms with E-state index in [1.807, 2.05) is 20.0 Å². The lowest BCUT2D eigenvalue weighted by molar-refractivity contribution is -0.138. The number of nitrogens with zero attached hydrogens (tertiary/aromatic N) is 4. The first-order chi connectivity index (χ1) is 14.7. The quantitative estimate of drug-likeness (QED) is 0.631. The highest BCUT2D eigenvalue weighted by Gasteiger charge is 2.30. The normalized spacial score (nSPS) is 15.6. The van der Waals surface area contributed by atoms with Gasteiger partial charge in [0, 0.05) is 38.9 Å². The first-order valence-electron chi connectivity index (χ1n) is 10.3. The number of aryl methyl sites for hydroxylation is 2. The van der Waals surface area contributed by atoms with Crippen molar-refractivity contribution in [2.45, 2.75) is 33.0 Å². The van der Waals surface area contributed by atoms with Gasteiger partial charge in [-0.1, -0.05) is 18.2 Å². The van der Waals surface area contributed by atoms with Crippen molar-refractivity contribution in [3.05, 3.63) is 70.7 Å². The number of rotatable bonds is 4. The molecule has 5 nitrogen and oxygen atoms in total. The summed E-state index contributed by atoms with van der Waals surface area (Å²) in [5, 5.41) is 0. The van der Waals surface area contributed by atoms with Crippen LogP contribution >= 0.6 is 0 Å². The molecule has 0 saturated carbocycles. The Kier molecular flexibility index (Phi) is 5.75. The number of carbonyl (C=O) groups excluding carboxylic acids is 1. The molecule has 0 bridgehead atoms. The minimum Gasteiger partial charge on any atom is -0.340 e. The Bertz CT molecular complexity index is 1100. The topological polar surface area (TPSA) is 40.9 Å². The Morgan fingerprint density at radius 2 is 1.81 bits per heavy atom. The molecule has 0 aliphatic carbocycles. The summed E-state index contributed by atoms with van der Waals surface area (Å²) >= 11 is 0. The molecule has 1 amide bonds. The summed E-state index contributed by atoms with van der Waals surface area (Å²) in [4.78, 5) is 21.3. The van der Waals surface area contributed by atoms with E-state index in [0.717, 1.165) is 41.3 Å². The molecule has 164 valence electrons. The molecule has 3 heterocycles. The number of piperazine rings is 1. The first-order valence-corrected chi connectivity index (χ1v) is 10.3. The number of fused-ring (bicyclic) bond motifs is 1. The molecule has 1 aliphatic rings. The standard InChI is InChI=1S/C23H25F3N4O/c1-16-6-7-30-20(17(2)27-21(30)12-16)15-28-8-10-29(11-9-28)22(31)14-18-4-3-5-19(13-18)23(24,25)26/h3-7,12-13H,8-11,14-15H2,1-2H3. The molecule has 0 atom stereocenters. The summed E-state index contributed by atoms with van der Waals surface area (Å²) in [6, 6.07) is 9.12. The molecule has 0 N–H and O–H groups in total. The summed E-state index contributed by atoms with van der Waals surface area (Å²) in [6.45, 7) is 7.34. The highest BCUT2D eigenvalue weighted by molar-refractivity contribution is 5.79. The van der Waals surface area contributed by atoms with Gasteiger partial charge < -0.3 is 9.30 Å².